The number of nitrogens with one attached hydrogen (secondary N) is 2. The average Bonchev–Trinajstić information content (AvgIpc) is 3.27. The smallest absolute Gasteiger partial charge is 0.191 e. The van der Waals surface area contributed by atoms with Gasteiger partial charge in [0.1, 0.15) is 17.2 Å². The third-order valence-corrected chi connectivity index (χ3v) is 5.72. The van der Waals surface area contributed by atoms with Crippen molar-refractivity contribution in [2.75, 3.05) is 48.0 Å². The highest BCUT2D eigenvalue weighted by Crippen LogP contribution is 2.24. The van der Waals surface area contributed by atoms with Crippen molar-refractivity contribution in [3.8, 4) is 17.2 Å². The first-order chi connectivity index (χ1) is 15.6. The van der Waals surface area contributed by atoms with Gasteiger partial charge < -0.3 is 24.8 Å². The van der Waals surface area contributed by atoms with Crippen LogP contribution in [0.5, 0.6) is 17.2 Å². The molecule has 1 aliphatic rings. The number of ether oxygens (including phenoxy) is 3. The number of hydrogen-bond acceptors (Lipinski definition) is 5. The molecule has 2 aromatic carbocycles. The summed E-state index contributed by atoms with van der Waals surface area (Å²) in [4.78, 5) is 6.85. The van der Waals surface area contributed by atoms with E-state index in [1.165, 1.54) is 11.1 Å². The third-order valence-electron chi connectivity index (χ3n) is 5.72. The molecule has 7 heteroatoms. The first-order valence-corrected chi connectivity index (χ1v) is 11.2. The summed E-state index contributed by atoms with van der Waals surface area (Å²) in [6.45, 7) is 3.77. The van der Waals surface area contributed by atoms with Crippen molar-refractivity contribution in [2.45, 2.75) is 31.8 Å². The lowest BCUT2D eigenvalue weighted by Gasteiger charge is -2.19. The van der Waals surface area contributed by atoms with Gasteiger partial charge in [-0.2, -0.15) is 0 Å². The SMILES string of the molecule is CN=C(NCCCc1cccc(OC)c1)NC1CCN(Cc2cc(OC)cc(OC)c2)C1. The van der Waals surface area contributed by atoms with Crippen molar-refractivity contribution >= 4 is 5.96 Å². The molecule has 2 aromatic rings. The van der Waals surface area contributed by atoms with Crippen LogP contribution in [0.3, 0.4) is 0 Å². The fourth-order valence-electron chi connectivity index (χ4n) is 4.03. The second-order valence-corrected chi connectivity index (χ2v) is 8.04. The lowest BCUT2D eigenvalue weighted by atomic mass is 10.1. The minimum absolute atomic E-state index is 0.382. The predicted molar refractivity (Wildman–Crippen MR) is 129 cm³/mol. The Balaban J connectivity index is 1.41. The number of rotatable bonds is 10. The Morgan fingerprint density at radius 3 is 2.41 bits per heavy atom. The molecule has 0 radical (unpaired) electrons. The monoisotopic (exact) mass is 440 g/mol. The number of nitrogens with zero attached hydrogens (tertiary/aromatic N) is 2. The second-order valence-electron chi connectivity index (χ2n) is 8.04. The molecule has 0 saturated carbocycles. The largest absolute Gasteiger partial charge is 0.497 e. The standard InChI is InChI=1S/C25H36N4O3/c1-26-25(27-11-6-8-19-7-5-9-22(13-19)30-2)28-21-10-12-29(18-21)17-20-14-23(31-3)16-24(15-20)32-4/h5,7,9,13-16,21H,6,8,10-12,17-18H2,1-4H3,(H2,26,27,28). The van der Waals surface area contributed by atoms with Gasteiger partial charge in [0.15, 0.2) is 5.96 Å². The molecule has 0 spiro atoms. The number of hydrogen-bond donors (Lipinski definition) is 2. The summed E-state index contributed by atoms with van der Waals surface area (Å²) in [6.07, 6.45) is 3.12. The Kier molecular flexibility index (Phi) is 9.04. The molecule has 1 atom stereocenters. The Morgan fingerprint density at radius 2 is 1.72 bits per heavy atom. The van der Waals surface area contributed by atoms with Gasteiger partial charge in [-0.15, -0.1) is 0 Å². The molecule has 0 amide bonds. The Labute approximate surface area is 191 Å². The summed E-state index contributed by atoms with van der Waals surface area (Å²) in [5.41, 5.74) is 2.48. The Bertz CT molecular complexity index is 865. The molecule has 7 nitrogen and oxygen atoms in total. The van der Waals surface area contributed by atoms with Crippen LogP contribution in [0.4, 0.5) is 0 Å². The Hall–Kier alpha value is -2.93. The van der Waals surface area contributed by atoms with Crippen LogP contribution < -0.4 is 24.8 Å². The summed E-state index contributed by atoms with van der Waals surface area (Å²) in [6, 6.07) is 14.7. The van der Waals surface area contributed by atoms with Gasteiger partial charge in [0.05, 0.1) is 21.3 Å². The number of likely N-dealkylation sites (tertiary alicyclic amines) is 1. The van der Waals surface area contributed by atoms with Gasteiger partial charge in [-0.05, 0) is 54.7 Å². The summed E-state index contributed by atoms with van der Waals surface area (Å²) < 4.78 is 16.1. The first-order valence-electron chi connectivity index (χ1n) is 11.2. The minimum Gasteiger partial charge on any atom is -0.497 e. The average molecular weight is 441 g/mol. The van der Waals surface area contributed by atoms with E-state index in [9.17, 15) is 0 Å². The van der Waals surface area contributed by atoms with E-state index in [4.69, 9.17) is 14.2 Å². The topological polar surface area (TPSA) is 67.4 Å². The lowest BCUT2D eigenvalue weighted by molar-refractivity contribution is 0.321. The zero-order valence-electron chi connectivity index (χ0n) is 19.7. The second kappa shape index (κ2) is 12.2. The number of methoxy groups -OCH3 is 3. The van der Waals surface area contributed by atoms with Gasteiger partial charge in [0, 0.05) is 45.3 Å². The molecule has 1 saturated heterocycles. The number of guanidine groups is 1. The summed E-state index contributed by atoms with van der Waals surface area (Å²) in [5.74, 6) is 3.43. The molecule has 1 unspecified atom stereocenters. The summed E-state index contributed by atoms with van der Waals surface area (Å²) in [5, 5.41) is 7.02. The fraction of sp³-hybridized carbons (Fsp3) is 0.480. The number of benzene rings is 2. The van der Waals surface area contributed by atoms with Crippen molar-refractivity contribution in [3.63, 3.8) is 0 Å². The van der Waals surface area contributed by atoms with Crippen LogP contribution in [-0.2, 0) is 13.0 Å². The van der Waals surface area contributed by atoms with E-state index >= 15 is 0 Å². The molecule has 174 valence electrons. The molecule has 1 fully saturated rings. The first kappa shape index (κ1) is 23.7. The van der Waals surface area contributed by atoms with Crippen LogP contribution in [0.15, 0.2) is 47.5 Å². The lowest BCUT2D eigenvalue weighted by Crippen LogP contribution is -2.44. The van der Waals surface area contributed by atoms with E-state index in [2.05, 4.69) is 44.8 Å². The van der Waals surface area contributed by atoms with Crippen LogP contribution >= 0.6 is 0 Å². The number of aryl methyl sites for hydroxylation is 1. The number of aliphatic imine (C=N–C) groups is 1. The van der Waals surface area contributed by atoms with Crippen molar-refractivity contribution in [2.24, 2.45) is 4.99 Å². The van der Waals surface area contributed by atoms with Crippen LogP contribution in [0.25, 0.3) is 0 Å². The molecule has 0 aliphatic carbocycles. The summed E-state index contributed by atoms with van der Waals surface area (Å²) in [7, 11) is 6.90. The molecule has 1 heterocycles. The van der Waals surface area contributed by atoms with Gasteiger partial charge in [0.25, 0.3) is 0 Å². The van der Waals surface area contributed by atoms with E-state index in [-0.39, 0.29) is 0 Å². The van der Waals surface area contributed by atoms with E-state index in [1.54, 1.807) is 21.3 Å². The van der Waals surface area contributed by atoms with Crippen molar-refractivity contribution < 1.29 is 14.2 Å². The van der Waals surface area contributed by atoms with E-state index in [1.807, 2.05) is 25.2 Å². The minimum atomic E-state index is 0.382. The van der Waals surface area contributed by atoms with Crippen LogP contribution in [0.2, 0.25) is 0 Å². The summed E-state index contributed by atoms with van der Waals surface area (Å²) >= 11 is 0. The zero-order valence-corrected chi connectivity index (χ0v) is 19.7. The quantitative estimate of drug-likeness (QED) is 0.336. The normalized spacial score (nSPS) is 16.6. The van der Waals surface area contributed by atoms with Gasteiger partial charge in [-0.1, -0.05) is 12.1 Å². The highest BCUT2D eigenvalue weighted by atomic mass is 16.5. The van der Waals surface area contributed by atoms with Crippen molar-refractivity contribution in [1.82, 2.24) is 15.5 Å². The fourth-order valence-corrected chi connectivity index (χ4v) is 4.03. The molecular formula is C25H36N4O3. The zero-order chi connectivity index (χ0) is 22.8. The molecule has 0 aromatic heterocycles. The van der Waals surface area contributed by atoms with E-state index < -0.39 is 0 Å². The molecule has 0 bridgehead atoms. The van der Waals surface area contributed by atoms with Gasteiger partial charge >= 0.3 is 0 Å². The van der Waals surface area contributed by atoms with Crippen molar-refractivity contribution in [3.05, 3.63) is 53.6 Å². The Morgan fingerprint density at radius 1 is 1.00 bits per heavy atom. The maximum Gasteiger partial charge on any atom is 0.191 e. The maximum absolute atomic E-state index is 5.40. The molecular weight excluding hydrogens is 404 g/mol. The van der Waals surface area contributed by atoms with Gasteiger partial charge in [-0.3, -0.25) is 9.89 Å². The highest BCUT2D eigenvalue weighted by Gasteiger charge is 2.23. The molecule has 1 aliphatic heterocycles. The van der Waals surface area contributed by atoms with Crippen LogP contribution in [0.1, 0.15) is 24.0 Å². The van der Waals surface area contributed by atoms with Crippen LogP contribution in [-0.4, -0.2) is 64.9 Å². The van der Waals surface area contributed by atoms with Crippen molar-refractivity contribution in [1.29, 1.82) is 0 Å². The van der Waals surface area contributed by atoms with Crippen LogP contribution in [0, 0.1) is 0 Å². The predicted octanol–water partition coefficient (Wildman–Crippen LogP) is 3.08. The maximum atomic E-state index is 5.40. The van der Waals surface area contributed by atoms with E-state index in [0.717, 1.165) is 68.6 Å². The molecule has 2 N–H and O–H groups in total. The molecule has 3 rings (SSSR count). The molecule has 32 heavy (non-hydrogen) atoms. The van der Waals surface area contributed by atoms with E-state index in [0.29, 0.717) is 6.04 Å². The van der Waals surface area contributed by atoms with Gasteiger partial charge in [-0.25, -0.2) is 0 Å². The third kappa shape index (κ3) is 7.05. The van der Waals surface area contributed by atoms with Gasteiger partial charge in [0.2, 0.25) is 0 Å². The highest BCUT2D eigenvalue weighted by molar-refractivity contribution is 5.80.